The first-order valence-electron chi connectivity index (χ1n) is 6.08. The van der Waals surface area contributed by atoms with Gasteiger partial charge in [0.2, 0.25) is 0 Å². The van der Waals surface area contributed by atoms with E-state index in [2.05, 4.69) is 9.71 Å². The number of ether oxygens (including phenoxy) is 1. The highest BCUT2D eigenvalue weighted by Gasteiger charge is 2.33. The van der Waals surface area contributed by atoms with E-state index in [1.54, 1.807) is 5.51 Å². The van der Waals surface area contributed by atoms with Crippen LogP contribution in [0.15, 0.2) is 5.51 Å². The molecular formula is C11H19N3O3S2. The monoisotopic (exact) mass is 305 g/mol. The number of aryl methyl sites for hydroxylation is 1. The molecule has 1 aromatic rings. The Balaban J connectivity index is 2.00. The lowest BCUT2D eigenvalue weighted by atomic mass is 10.1. The van der Waals surface area contributed by atoms with E-state index < -0.39 is 15.8 Å². The lowest BCUT2D eigenvalue weighted by Crippen LogP contribution is -2.53. The molecule has 0 aliphatic carbocycles. The van der Waals surface area contributed by atoms with Crippen molar-refractivity contribution in [2.24, 2.45) is 0 Å². The van der Waals surface area contributed by atoms with E-state index in [0.717, 1.165) is 10.6 Å². The van der Waals surface area contributed by atoms with Crippen molar-refractivity contribution in [1.82, 2.24) is 14.0 Å². The summed E-state index contributed by atoms with van der Waals surface area (Å²) < 4.78 is 34.0. The molecular weight excluding hydrogens is 286 g/mol. The Morgan fingerprint density at radius 3 is 2.89 bits per heavy atom. The Bertz CT molecular complexity index is 539. The van der Waals surface area contributed by atoms with E-state index in [0.29, 0.717) is 19.7 Å². The Hall–Kier alpha value is -0.540. The van der Waals surface area contributed by atoms with Crippen molar-refractivity contribution in [1.29, 1.82) is 0 Å². The fourth-order valence-electron chi connectivity index (χ4n) is 1.92. The highest BCUT2D eigenvalue weighted by Crippen LogP contribution is 2.19. The van der Waals surface area contributed by atoms with Gasteiger partial charge in [0.1, 0.15) is 0 Å². The zero-order chi connectivity index (χ0) is 14.1. The molecule has 0 spiro atoms. The van der Waals surface area contributed by atoms with Crippen molar-refractivity contribution in [3.05, 3.63) is 16.1 Å². The number of aromatic nitrogens is 1. The zero-order valence-corrected chi connectivity index (χ0v) is 13.0. The van der Waals surface area contributed by atoms with Crippen LogP contribution >= 0.6 is 11.3 Å². The summed E-state index contributed by atoms with van der Waals surface area (Å²) in [5.74, 6) is 0. The van der Waals surface area contributed by atoms with E-state index in [9.17, 15) is 8.42 Å². The molecule has 0 bridgehead atoms. The van der Waals surface area contributed by atoms with Crippen LogP contribution in [0.5, 0.6) is 0 Å². The SMILES string of the molecule is Cc1ncsc1CNS(=O)(=O)N1CCOC(C)(C)C1. The maximum absolute atomic E-state index is 12.2. The van der Waals surface area contributed by atoms with Crippen LogP contribution in [-0.4, -0.2) is 43.0 Å². The van der Waals surface area contributed by atoms with Gasteiger partial charge in [0.15, 0.2) is 0 Å². The average molecular weight is 305 g/mol. The van der Waals surface area contributed by atoms with E-state index >= 15 is 0 Å². The Labute approximate surface area is 118 Å². The third-order valence-corrected chi connectivity index (χ3v) is 5.43. The van der Waals surface area contributed by atoms with Gasteiger partial charge in [-0.05, 0) is 20.8 Å². The molecule has 108 valence electrons. The van der Waals surface area contributed by atoms with Gasteiger partial charge in [-0.25, -0.2) is 4.98 Å². The summed E-state index contributed by atoms with van der Waals surface area (Å²) >= 11 is 1.46. The Morgan fingerprint density at radius 1 is 1.58 bits per heavy atom. The van der Waals surface area contributed by atoms with E-state index in [1.165, 1.54) is 15.6 Å². The summed E-state index contributed by atoms with van der Waals surface area (Å²) in [6, 6.07) is 0. The fourth-order valence-corrected chi connectivity index (χ4v) is 4.04. The van der Waals surface area contributed by atoms with Crippen molar-refractivity contribution >= 4 is 21.5 Å². The molecule has 0 unspecified atom stereocenters. The first kappa shape index (κ1) is 14.9. The predicted molar refractivity (Wildman–Crippen MR) is 74.2 cm³/mol. The van der Waals surface area contributed by atoms with Crippen LogP contribution in [-0.2, 0) is 21.5 Å². The molecule has 0 aromatic carbocycles. The topological polar surface area (TPSA) is 71.5 Å². The number of rotatable bonds is 4. The molecule has 1 aliphatic heterocycles. The average Bonchev–Trinajstić information content (AvgIpc) is 2.71. The normalized spacial score (nSPS) is 20.6. The Kier molecular flexibility index (Phi) is 4.26. The molecule has 1 fully saturated rings. The molecule has 0 amide bonds. The van der Waals surface area contributed by atoms with Crippen molar-refractivity contribution in [3.8, 4) is 0 Å². The van der Waals surface area contributed by atoms with Crippen LogP contribution in [0.2, 0.25) is 0 Å². The van der Waals surface area contributed by atoms with Crippen molar-refractivity contribution in [3.63, 3.8) is 0 Å². The maximum Gasteiger partial charge on any atom is 0.279 e. The second-order valence-corrected chi connectivity index (χ2v) is 7.82. The molecule has 2 rings (SSSR count). The lowest BCUT2D eigenvalue weighted by molar-refractivity contribution is -0.0643. The van der Waals surface area contributed by atoms with Crippen molar-refractivity contribution in [2.45, 2.75) is 32.9 Å². The van der Waals surface area contributed by atoms with Crippen LogP contribution in [0.25, 0.3) is 0 Å². The second-order valence-electron chi connectivity index (χ2n) is 5.13. The van der Waals surface area contributed by atoms with Gasteiger partial charge in [-0.1, -0.05) is 0 Å². The summed E-state index contributed by atoms with van der Waals surface area (Å²) in [6.07, 6.45) is 0. The van der Waals surface area contributed by atoms with E-state index in [4.69, 9.17) is 4.74 Å². The molecule has 2 heterocycles. The number of hydrogen-bond donors (Lipinski definition) is 1. The van der Waals surface area contributed by atoms with Gasteiger partial charge in [0.25, 0.3) is 10.2 Å². The summed E-state index contributed by atoms with van der Waals surface area (Å²) in [5.41, 5.74) is 2.15. The van der Waals surface area contributed by atoms with Gasteiger partial charge in [0.05, 0.1) is 23.4 Å². The highest BCUT2D eigenvalue weighted by atomic mass is 32.2. The fraction of sp³-hybridized carbons (Fsp3) is 0.727. The van der Waals surface area contributed by atoms with Gasteiger partial charge in [0, 0.05) is 24.5 Å². The molecule has 1 N–H and O–H groups in total. The molecule has 1 aliphatic rings. The molecule has 0 radical (unpaired) electrons. The summed E-state index contributed by atoms with van der Waals surface area (Å²) in [5, 5.41) is 0. The molecule has 0 atom stereocenters. The third kappa shape index (κ3) is 3.73. The molecule has 19 heavy (non-hydrogen) atoms. The smallest absolute Gasteiger partial charge is 0.279 e. The lowest BCUT2D eigenvalue weighted by Gasteiger charge is -2.37. The maximum atomic E-state index is 12.2. The quantitative estimate of drug-likeness (QED) is 0.897. The molecule has 6 nitrogen and oxygen atoms in total. The van der Waals surface area contributed by atoms with Crippen LogP contribution in [0.3, 0.4) is 0 Å². The molecule has 1 aromatic heterocycles. The first-order valence-corrected chi connectivity index (χ1v) is 8.40. The summed E-state index contributed by atoms with van der Waals surface area (Å²) in [7, 11) is -3.46. The van der Waals surface area contributed by atoms with Gasteiger partial charge >= 0.3 is 0 Å². The molecule has 8 heteroatoms. The van der Waals surface area contributed by atoms with E-state index in [-0.39, 0.29) is 6.54 Å². The van der Waals surface area contributed by atoms with E-state index in [1.807, 2.05) is 20.8 Å². The van der Waals surface area contributed by atoms with Gasteiger partial charge in [-0.15, -0.1) is 11.3 Å². The number of nitrogens with zero attached hydrogens (tertiary/aromatic N) is 2. The number of thiazole rings is 1. The summed E-state index contributed by atoms with van der Waals surface area (Å²) in [4.78, 5) is 5.04. The van der Waals surface area contributed by atoms with Crippen LogP contribution in [0, 0.1) is 6.92 Å². The van der Waals surface area contributed by atoms with Crippen LogP contribution in [0.4, 0.5) is 0 Å². The second kappa shape index (κ2) is 5.45. The number of nitrogens with one attached hydrogen (secondary N) is 1. The minimum Gasteiger partial charge on any atom is -0.373 e. The Morgan fingerprint density at radius 2 is 2.32 bits per heavy atom. The standard InChI is InChI=1S/C11H19N3O3S2/c1-9-10(18-8-12-9)6-13-19(15,16)14-4-5-17-11(2,3)7-14/h8,13H,4-7H2,1-3H3. The first-order chi connectivity index (χ1) is 8.80. The van der Waals surface area contributed by atoms with Crippen LogP contribution in [0.1, 0.15) is 24.4 Å². The third-order valence-electron chi connectivity index (χ3n) is 2.99. The van der Waals surface area contributed by atoms with Gasteiger partial charge in [-0.2, -0.15) is 17.4 Å². The van der Waals surface area contributed by atoms with Crippen molar-refractivity contribution in [2.75, 3.05) is 19.7 Å². The number of morpholine rings is 1. The molecule has 1 saturated heterocycles. The van der Waals surface area contributed by atoms with Crippen molar-refractivity contribution < 1.29 is 13.2 Å². The summed E-state index contributed by atoms with van der Waals surface area (Å²) in [6.45, 7) is 7.12. The zero-order valence-electron chi connectivity index (χ0n) is 11.3. The van der Waals surface area contributed by atoms with Gasteiger partial charge in [-0.3, -0.25) is 0 Å². The largest absolute Gasteiger partial charge is 0.373 e. The van der Waals surface area contributed by atoms with Crippen LogP contribution < -0.4 is 4.72 Å². The number of hydrogen-bond acceptors (Lipinski definition) is 5. The van der Waals surface area contributed by atoms with Gasteiger partial charge < -0.3 is 4.74 Å². The highest BCUT2D eigenvalue weighted by molar-refractivity contribution is 7.87. The molecule has 0 saturated carbocycles. The minimum atomic E-state index is -3.46. The minimum absolute atomic E-state index is 0.288. The predicted octanol–water partition coefficient (Wildman–Crippen LogP) is 0.897.